The Balaban J connectivity index is 1.61. The first kappa shape index (κ1) is 29.4. The number of anilines is 2. The number of fused-ring (bicyclic) bond motifs is 1. The van der Waals surface area contributed by atoms with E-state index in [9.17, 15) is 40.7 Å². The van der Waals surface area contributed by atoms with Crippen LogP contribution >= 0.6 is 0 Å². The van der Waals surface area contributed by atoms with E-state index < -0.39 is 51.3 Å². The number of hydrogen-bond acceptors (Lipinski definition) is 7. The van der Waals surface area contributed by atoms with Crippen LogP contribution in [0.15, 0.2) is 47.4 Å². The number of nitrogens with zero attached hydrogens (tertiary/aromatic N) is 1. The topological polar surface area (TPSA) is 134 Å². The zero-order valence-corrected chi connectivity index (χ0v) is 22.2. The van der Waals surface area contributed by atoms with Crippen LogP contribution in [0, 0.1) is 5.82 Å². The monoisotopic (exact) mass is 589 g/mol. The minimum absolute atomic E-state index is 0.0214. The van der Waals surface area contributed by atoms with Crippen LogP contribution in [0.5, 0.6) is 5.75 Å². The number of halogens is 4. The molecular formula is C25H27F4N3O7S. The lowest BCUT2D eigenvalue weighted by atomic mass is 9.79. The average molecular weight is 590 g/mol. The lowest BCUT2D eigenvalue weighted by molar-refractivity contribution is -0.242. The molecule has 1 saturated carbocycles. The lowest BCUT2D eigenvalue weighted by Gasteiger charge is -2.38. The predicted octanol–water partition coefficient (Wildman–Crippen LogP) is 3.70. The molecule has 1 aliphatic carbocycles. The van der Waals surface area contributed by atoms with Gasteiger partial charge in [0.2, 0.25) is 5.60 Å². The van der Waals surface area contributed by atoms with Gasteiger partial charge in [-0.25, -0.2) is 17.6 Å². The van der Waals surface area contributed by atoms with Crippen molar-refractivity contribution in [3.8, 4) is 5.75 Å². The second kappa shape index (κ2) is 10.4. The van der Waals surface area contributed by atoms with Crippen molar-refractivity contribution in [2.45, 2.75) is 61.5 Å². The Kier molecular flexibility index (Phi) is 7.66. The van der Waals surface area contributed by atoms with Crippen LogP contribution in [0.2, 0.25) is 0 Å². The summed E-state index contributed by atoms with van der Waals surface area (Å²) in [7, 11) is -4.35. The molecule has 0 aromatic heterocycles. The average Bonchev–Trinajstić information content (AvgIpc) is 2.84. The molecule has 10 nitrogen and oxygen atoms in total. The summed E-state index contributed by atoms with van der Waals surface area (Å²) < 4.78 is 91.2. The molecule has 15 heteroatoms. The van der Waals surface area contributed by atoms with Gasteiger partial charge in [-0.1, -0.05) is 0 Å². The van der Waals surface area contributed by atoms with Crippen LogP contribution < -0.4 is 19.7 Å². The number of benzene rings is 2. The first-order chi connectivity index (χ1) is 18.5. The van der Waals surface area contributed by atoms with Crippen molar-refractivity contribution in [3.63, 3.8) is 0 Å². The van der Waals surface area contributed by atoms with E-state index in [-0.39, 0.29) is 35.1 Å². The molecule has 1 fully saturated rings. The van der Waals surface area contributed by atoms with E-state index in [1.165, 1.54) is 18.2 Å². The molecular weight excluding hydrogens is 562 g/mol. The summed E-state index contributed by atoms with van der Waals surface area (Å²) in [5.74, 6) is -1.25. The van der Waals surface area contributed by atoms with Gasteiger partial charge in [0.1, 0.15) is 23.3 Å². The zero-order valence-electron chi connectivity index (χ0n) is 21.4. The number of rotatable bonds is 7. The van der Waals surface area contributed by atoms with Crippen molar-refractivity contribution in [2.24, 2.45) is 0 Å². The highest BCUT2D eigenvalue weighted by Gasteiger charge is 2.51. The molecule has 1 heterocycles. The fourth-order valence-electron chi connectivity index (χ4n) is 4.00. The Hall–Kier alpha value is -3.59. The van der Waals surface area contributed by atoms with E-state index in [0.717, 1.165) is 28.6 Å². The molecule has 1 atom stereocenters. The molecule has 218 valence electrons. The van der Waals surface area contributed by atoms with Gasteiger partial charge in [-0.2, -0.15) is 13.2 Å². The van der Waals surface area contributed by atoms with Crippen LogP contribution in [-0.2, 0) is 19.6 Å². The Labute approximate surface area is 227 Å². The minimum Gasteiger partial charge on any atom is -0.484 e. The first-order valence-electron chi connectivity index (χ1n) is 12.2. The van der Waals surface area contributed by atoms with Crippen LogP contribution in [0.3, 0.4) is 0 Å². The zero-order chi connectivity index (χ0) is 29.5. The summed E-state index contributed by atoms with van der Waals surface area (Å²) in [5.41, 5.74) is -4.44. The third-order valence-corrected chi connectivity index (χ3v) is 8.46. The number of nitrogens with one attached hydrogen (secondary N) is 2. The number of carbonyl (C=O) groups is 2. The molecule has 2 aliphatic rings. The van der Waals surface area contributed by atoms with E-state index in [1.54, 1.807) is 0 Å². The van der Waals surface area contributed by atoms with Crippen LogP contribution in [0.25, 0.3) is 0 Å². The van der Waals surface area contributed by atoms with E-state index in [2.05, 4.69) is 15.4 Å². The number of hydrogen-bond donors (Lipinski definition) is 3. The van der Waals surface area contributed by atoms with Crippen molar-refractivity contribution >= 4 is 33.4 Å². The molecule has 2 aromatic rings. The normalized spacial score (nSPS) is 18.6. The highest BCUT2D eigenvalue weighted by atomic mass is 32.2. The van der Waals surface area contributed by atoms with Crippen LogP contribution in [0.4, 0.5) is 33.7 Å². The summed E-state index contributed by atoms with van der Waals surface area (Å²) >= 11 is 0. The second-order valence-corrected chi connectivity index (χ2v) is 11.9. The third-order valence-electron chi connectivity index (χ3n) is 6.66. The molecule has 4 rings (SSSR count). The van der Waals surface area contributed by atoms with Gasteiger partial charge in [-0.3, -0.25) is 14.4 Å². The molecule has 0 radical (unpaired) electrons. The van der Waals surface area contributed by atoms with Gasteiger partial charge >= 0.3 is 12.3 Å². The molecule has 2 aromatic carbocycles. The Morgan fingerprint density at radius 2 is 1.80 bits per heavy atom. The fraction of sp³-hybridized carbons (Fsp3) is 0.440. The highest BCUT2D eigenvalue weighted by molar-refractivity contribution is 7.92. The maximum Gasteiger partial charge on any atom is 0.427 e. The van der Waals surface area contributed by atoms with Crippen molar-refractivity contribution in [1.29, 1.82) is 0 Å². The Bertz CT molecular complexity index is 1390. The number of ether oxygens (including phenoxy) is 2. The molecule has 0 bridgehead atoms. The van der Waals surface area contributed by atoms with E-state index in [4.69, 9.17) is 4.74 Å². The van der Waals surface area contributed by atoms with Gasteiger partial charge in [0, 0.05) is 5.69 Å². The predicted molar refractivity (Wildman–Crippen MR) is 134 cm³/mol. The number of amides is 2. The van der Waals surface area contributed by atoms with Crippen molar-refractivity contribution in [2.75, 3.05) is 22.7 Å². The van der Waals surface area contributed by atoms with Gasteiger partial charge in [0.25, 0.3) is 15.9 Å². The summed E-state index contributed by atoms with van der Waals surface area (Å²) in [5, 5.41) is 15.0. The largest absolute Gasteiger partial charge is 0.484 e. The molecule has 1 aliphatic heterocycles. The number of sulfonamides is 1. The van der Waals surface area contributed by atoms with Gasteiger partial charge in [-0.05, 0) is 75.6 Å². The maximum absolute atomic E-state index is 13.6. The van der Waals surface area contributed by atoms with Gasteiger partial charge in [0.05, 0.1) is 23.7 Å². The summed E-state index contributed by atoms with van der Waals surface area (Å²) in [6, 6.07) is 7.76. The third kappa shape index (κ3) is 5.94. The van der Waals surface area contributed by atoms with E-state index in [1.807, 2.05) is 0 Å². The summed E-state index contributed by atoms with van der Waals surface area (Å²) in [4.78, 5) is 24.3. The first-order valence-corrected chi connectivity index (χ1v) is 13.6. The number of alkyl halides is 3. The van der Waals surface area contributed by atoms with Gasteiger partial charge in [-0.15, -0.1) is 0 Å². The standard InChI is InChI=1S/C25H27F4N3O7S/c1-23(2,25(27,28)29)39-22(34)31-16-6-9-20-19(12-16)32(40(36,37)18-7-4-15(26)5-8-18)14-17(38-20)13-30-21(33)24(35)10-3-11-24/h4-9,12,17,35H,3,10-11,13-14H2,1-2H3,(H,30,33)(H,31,34)/t17-/m0/s1. The van der Waals surface area contributed by atoms with Crippen LogP contribution in [-0.4, -0.2) is 62.1 Å². The SMILES string of the molecule is CC(C)(OC(=O)Nc1ccc2c(c1)N(S(=O)(=O)c1ccc(F)cc1)C[C@H](CNC(=O)C1(O)CCC1)O2)C(F)(F)F. The number of aliphatic hydroxyl groups is 1. The number of carbonyl (C=O) groups excluding carboxylic acids is 2. The molecule has 2 amide bonds. The fourth-order valence-corrected chi connectivity index (χ4v) is 5.50. The summed E-state index contributed by atoms with van der Waals surface area (Å²) in [6.07, 6.45) is -5.88. The van der Waals surface area contributed by atoms with Crippen molar-refractivity contribution in [1.82, 2.24) is 5.32 Å². The molecule has 0 unspecified atom stereocenters. The molecule has 0 saturated heterocycles. The van der Waals surface area contributed by atoms with Crippen molar-refractivity contribution < 1.29 is 50.1 Å². The maximum atomic E-state index is 13.6. The van der Waals surface area contributed by atoms with Crippen molar-refractivity contribution in [3.05, 3.63) is 48.3 Å². The van der Waals surface area contributed by atoms with Crippen LogP contribution in [0.1, 0.15) is 33.1 Å². The Morgan fingerprint density at radius 3 is 2.38 bits per heavy atom. The van der Waals surface area contributed by atoms with E-state index in [0.29, 0.717) is 33.1 Å². The molecule has 3 N–H and O–H groups in total. The minimum atomic E-state index is -4.84. The van der Waals surface area contributed by atoms with Gasteiger partial charge in [0.15, 0.2) is 0 Å². The van der Waals surface area contributed by atoms with Gasteiger partial charge < -0.3 is 19.9 Å². The highest BCUT2D eigenvalue weighted by Crippen LogP contribution is 2.40. The second-order valence-electron chi connectivity index (χ2n) is 10.0. The summed E-state index contributed by atoms with van der Waals surface area (Å²) in [6.45, 7) is 0.856. The quantitative estimate of drug-likeness (QED) is 0.420. The smallest absolute Gasteiger partial charge is 0.427 e. The lowest BCUT2D eigenvalue weighted by Crippen LogP contribution is -2.55. The molecule has 40 heavy (non-hydrogen) atoms. The molecule has 0 spiro atoms. The van der Waals surface area contributed by atoms with E-state index >= 15 is 0 Å². The Morgan fingerprint density at radius 1 is 1.15 bits per heavy atom.